The Labute approximate surface area is 108 Å². The van der Waals surface area contributed by atoms with E-state index in [4.69, 9.17) is 15.2 Å². The van der Waals surface area contributed by atoms with Gasteiger partial charge in [0.15, 0.2) is 0 Å². The van der Waals surface area contributed by atoms with E-state index in [2.05, 4.69) is 9.97 Å². The maximum atomic E-state index is 5.93. The average molecular weight is 251 g/mol. The fourth-order valence-corrected chi connectivity index (χ4v) is 2.18. The van der Waals surface area contributed by atoms with Gasteiger partial charge in [-0.05, 0) is 39.5 Å². The minimum Gasteiger partial charge on any atom is -0.478 e. The zero-order valence-electron chi connectivity index (χ0n) is 11.1. The van der Waals surface area contributed by atoms with E-state index in [0.717, 1.165) is 31.2 Å². The van der Waals surface area contributed by atoms with Crippen molar-refractivity contribution >= 4 is 0 Å². The summed E-state index contributed by atoms with van der Waals surface area (Å²) in [5.74, 6) is 1.24. The molecule has 0 aliphatic heterocycles. The number of hydrogen-bond acceptors (Lipinski definition) is 5. The highest BCUT2D eigenvalue weighted by atomic mass is 16.5. The molecule has 1 heterocycles. The highest BCUT2D eigenvalue weighted by molar-refractivity contribution is 5.32. The molecule has 2 rings (SSSR count). The second-order valence-electron chi connectivity index (χ2n) is 4.70. The molecule has 5 nitrogen and oxygen atoms in total. The molecule has 100 valence electrons. The molecule has 0 bridgehead atoms. The van der Waals surface area contributed by atoms with Crippen LogP contribution in [0, 0.1) is 6.92 Å². The van der Waals surface area contributed by atoms with Crippen molar-refractivity contribution in [2.45, 2.75) is 51.7 Å². The van der Waals surface area contributed by atoms with Gasteiger partial charge < -0.3 is 15.2 Å². The lowest BCUT2D eigenvalue weighted by Crippen LogP contribution is -2.32. The molecule has 0 aromatic carbocycles. The molecule has 0 amide bonds. The molecule has 18 heavy (non-hydrogen) atoms. The van der Waals surface area contributed by atoms with Crippen molar-refractivity contribution in [2.24, 2.45) is 5.73 Å². The van der Waals surface area contributed by atoms with Gasteiger partial charge in [-0.15, -0.1) is 0 Å². The smallest absolute Gasteiger partial charge is 0.223 e. The minimum atomic E-state index is 0.216. The number of nitrogens with zero attached hydrogens (tertiary/aromatic N) is 2. The van der Waals surface area contributed by atoms with E-state index in [1.54, 1.807) is 0 Å². The molecule has 0 unspecified atom stereocenters. The topological polar surface area (TPSA) is 70.3 Å². The highest BCUT2D eigenvalue weighted by Crippen LogP contribution is 2.27. The summed E-state index contributed by atoms with van der Waals surface area (Å²) >= 11 is 0. The largest absolute Gasteiger partial charge is 0.478 e. The van der Waals surface area contributed by atoms with E-state index >= 15 is 0 Å². The monoisotopic (exact) mass is 251 g/mol. The van der Waals surface area contributed by atoms with E-state index in [1.807, 2.05) is 13.8 Å². The maximum absolute atomic E-state index is 5.93. The van der Waals surface area contributed by atoms with Gasteiger partial charge in [0.1, 0.15) is 12.4 Å². The van der Waals surface area contributed by atoms with Gasteiger partial charge in [-0.3, -0.25) is 0 Å². The van der Waals surface area contributed by atoms with Gasteiger partial charge in [0.25, 0.3) is 0 Å². The third-order valence-electron chi connectivity index (χ3n) is 3.27. The van der Waals surface area contributed by atoms with Crippen molar-refractivity contribution in [1.82, 2.24) is 9.97 Å². The summed E-state index contributed by atoms with van der Waals surface area (Å²) in [4.78, 5) is 8.29. The fourth-order valence-electron chi connectivity index (χ4n) is 2.18. The second kappa shape index (κ2) is 6.00. The molecular weight excluding hydrogens is 230 g/mol. The SMILES string of the molecule is CCOc1ncnc(OC2CCC(N)CC2)c1C. The Kier molecular flexibility index (Phi) is 4.36. The van der Waals surface area contributed by atoms with Crippen LogP contribution in [0.2, 0.25) is 0 Å². The third kappa shape index (κ3) is 3.10. The predicted molar refractivity (Wildman–Crippen MR) is 68.8 cm³/mol. The Hall–Kier alpha value is -1.36. The first kappa shape index (κ1) is 13.1. The van der Waals surface area contributed by atoms with Gasteiger partial charge in [0.05, 0.1) is 12.2 Å². The van der Waals surface area contributed by atoms with Crippen LogP contribution in [-0.4, -0.2) is 28.7 Å². The number of ether oxygens (including phenoxy) is 2. The van der Waals surface area contributed by atoms with Crippen molar-refractivity contribution in [2.75, 3.05) is 6.61 Å². The Morgan fingerprint density at radius 1 is 1.22 bits per heavy atom. The summed E-state index contributed by atoms with van der Waals surface area (Å²) in [7, 11) is 0. The van der Waals surface area contributed by atoms with E-state index in [1.165, 1.54) is 6.33 Å². The fraction of sp³-hybridized carbons (Fsp3) is 0.692. The van der Waals surface area contributed by atoms with Crippen LogP contribution in [0.25, 0.3) is 0 Å². The third-order valence-corrected chi connectivity index (χ3v) is 3.27. The van der Waals surface area contributed by atoms with Crippen molar-refractivity contribution in [3.8, 4) is 11.8 Å². The first-order chi connectivity index (χ1) is 8.70. The van der Waals surface area contributed by atoms with Crippen LogP contribution in [0.1, 0.15) is 38.2 Å². The van der Waals surface area contributed by atoms with E-state index < -0.39 is 0 Å². The standard InChI is InChI=1S/C13H21N3O2/c1-3-17-12-9(2)13(16-8-15-12)18-11-6-4-10(14)5-7-11/h8,10-11H,3-7,14H2,1-2H3. The number of nitrogens with two attached hydrogens (primary N) is 1. The Balaban J connectivity index is 2.02. The van der Waals surface area contributed by atoms with Gasteiger partial charge in [-0.2, -0.15) is 0 Å². The van der Waals surface area contributed by atoms with Crippen LogP contribution >= 0.6 is 0 Å². The first-order valence-corrected chi connectivity index (χ1v) is 6.57. The average Bonchev–Trinajstić information content (AvgIpc) is 2.37. The highest BCUT2D eigenvalue weighted by Gasteiger charge is 2.21. The van der Waals surface area contributed by atoms with Crippen LogP contribution in [0.3, 0.4) is 0 Å². The molecular formula is C13H21N3O2. The Bertz CT molecular complexity index is 390. The van der Waals surface area contributed by atoms with Crippen molar-refractivity contribution < 1.29 is 9.47 Å². The molecule has 0 atom stereocenters. The normalized spacial score (nSPS) is 23.7. The summed E-state index contributed by atoms with van der Waals surface area (Å²) in [6.45, 7) is 4.45. The van der Waals surface area contributed by atoms with Crippen molar-refractivity contribution in [3.63, 3.8) is 0 Å². The molecule has 0 radical (unpaired) electrons. The van der Waals surface area contributed by atoms with Gasteiger partial charge in [-0.25, -0.2) is 9.97 Å². The van der Waals surface area contributed by atoms with Crippen molar-refractivity contribution in [1.29, 1.82) is 0 Å². The molecule has 5 heteroatoms. The van der Waals surface area contributed by atoms with Crippen LogP contribution in [-0.2, 0) is 0 Å². The first-order valence-electron chi connectivity index (χ1n) is 6.57. The van der Waals surface area contributed by atoms with Crippen LogP contribution in [0.15, 0.2) is 6.33 Å². The van der Waals surface area contributed by atoms with Gasteiger partial charge in [0.2, 0.25) is 11.8 Å². The van der Waals surface area contributed by atoms with Gasteiger partial charge >= 0.3 is 0 Å². The Morgan fingerprint density at radius 3 is 2.56 bits per heavy atom. The lowest BCUT2D eigenvalue weighted by atomic mass is 9.94. The van der Waals surface area contributed by atoms with Crippen LogP contribution in [0.5, 0.6) is 11.8 Å². The molecule has 1 aromatic heterocycles. The maximum Gasteiger partial charge on any atom is 0.223 e. The zero-order valence-corrected chi connectivity index (χ0v) is 11.1. The van der Waals surface area contributed by atoms with E-state index in [9.17, 15) is 0 Å². The number of rotatable bonds is 4. The summed E-state index contributed by atoms with van der Waals surface area (Å²) in [6.07, 6.45) is 5.73. The Morgan fingerprint density at radius 2 is 1.89 bits per heavy atom. The zero-order chi connectivity index (χ0) is 13.0. The van der Waals surface area contributed by atoms with Crippen LogP contribution in [0.4, 0.5) is 0 Å². The van der Waals surface area contributed by atoms with Gasteiger partial charge in [0, 0.05) is 6.04 Å². The number of aromatic nitrogens is 2. The summed E-state index contributed by atoms with van der Waals surface area (Å²) in [5.41, 5.74) is 6.75. The lowest BCUT2D eigenvalue weighted by molar-refractivity contribution is 0.139. The molecule has 0 spiro atoms. The van der Waals surface area contributed by atoms with Crippen LogP contribution < -0.4 is 15.2 Å². The molecule has 2 N–H and O–H groups in total. The lowest BCUT2D eigenvalue weighted by Gasteiger charge is -2.26. The molecule has 1 aromatic rings. The predicted octanol–water partition coefficient (Wildman–Crippen LogP) is 1.83. The quantitative estimate of drug-likeness (QED) is 0.884. The van der Waals surface area contributed by atoms with E-state index in [-0.39, 0.29) is 6.10 Å². The summed E-state index contributed by atoms with van der Waals surface area (Å²) < 4.78 is 11.4. The molecule has 1 aliphatic carbocycles. The van der Waals surface area contributed by atoms with E-state index in [0.29, 0.717) is 24.4 Å². The minimum absolute atomic E-state index is 0.216. The molecule has 1 fully saturated rings. The number of hydrogen-bond donors (Lipinski definition) is 1. The van der Waals surface area contributed by atoms with Gasteiger partial charge in [-0.1, -0.05) is 0 Å². The molecule has 1 saturated carbocycles. The second-order valence-corrected chi connectivity index (χ2v) is 4.70. The summed E-state index contributed by atoms with van der Waals surface area (Å²) in [6, 6.07) is 0.329. The molecule has 0 saturated heterocycles. The van der Waals surface area contributed by atoms with Crippen molar-refractivity contribution in [3.05, 3.63) is 11.9 Å². The molecule has 1 aliphatic rings. The summed E-state index contributed by atoms with van der Waals surface area (Å²) in [5, 5.41) is 0.